The smallest absolute Gasteiger partial charge is 0.255 e. The van der Waals surface area contributed by atoms with E-state index in [0.717, 1.165) is 5.39 Å². The number of pyridine rings is 2. The van der Waals surface area contributed by atoms with Crippen molar-refractivity contribution in [1.82, 2.24) is 19.9 Å². The lowest BCUT2D eigenvalue weighted by Crippen LogP contribution is -2.42. The zero-order chi connectivity index (χ0) is 20.5. The first-order valence-corrected chi connectivity index (χ1v) is 8.48. The number of nitrogen functional groups attached to an aromatic ring is 1. The molecule has 3 aromatic rings. The maximum absolute atomic E-state index is 13.8. The number of aliphatic hydroxyl groups is 1. The Balaban J connectivity index is 1.83. The van der Waals surface area contributed by atoms with Crippen molar-refractivity contribution >= 4 is 22.6 Å². The summed E-state index contributed by atoms with van der Waals surface area (Å²) in [4.78, 5) is 20.8. The Morgan fingerprint density at radius 2 is 2.18 bits per heavy atom. The fourth-order valence-corrected chi connectivity index (χ4v) is 2.58. The Labute approximate surface area is 160 Å². The van der Waals surface area contributed by atoms with Gasteiger partial charge in [-0.2, -0.15) is 5.26 Å². The molecule has 0 bridgehead atoms. The van der Waals surface area contributed by atoms with Crippen molar-refractivity contribution < 1.29 is 14.3 Å². The van der Waals surface area contributed by atoms with Crippen LogP contribution in [0, 0.1) is 11.3 Å². The SMILES string of the molecule is CC(C)(O)C(F)CNC(=O)c1cnc(-n2ccc3cc(C#N)cnc32)cc1N. The van der Waals surface area contributed by atoms with E-state index in [4.69, 9.17) is 11.0 Å². The van der Waals surface area contributed by atoms with Crippen molar-refractivity contribution in [2.75, 3.05) is 12.3 Å². The van der Waals surface area contributed by atoms with Crippen LogP contribution in [0.15, 0.2) is 36.8 Å². The van der Waals surface area contributed by atoms with Gasteiger partial charge in [0, 0.05) is 35.7 Å². The number of anilines is 1. The number of amides is 1. The average molecular weight is 382 g/mol. The van der Waals surface area contributed by atoms with Crippen molar-refractivity contribution in [3.8, 4) is 11.9 Å². The van der Waals surface area contributed by atoms with Gasteiger partial charge in [-0.1, -0.05) is 0 Å². The van der Waals surface area contributed by atoms with Crippen LogP contribution in [0.3, 0.4) is 0 Å². The summed E-state index contributed by atoms with van der Waals surface area (Å²) in [6.07, 6.45) is 2.87. The van der Waals surface area contributed by atoms with Crippen LogP contribution in [0.2, 0.25) is 0 Å². The fourth-order valence-electron chi connectivity index (χ4n) is 2.58. The van der Waals surface area contributed by atoms with Gasteiger partial charge in [0.1, 0.15) is 23.7 Å². The quantitative estimate of drug-likeness (QED) is 0.616. The lowest BCUT2D eigenvalue weighted by atomic mass is 10.0. The minimum absolute atomic E-state index is 0.0999. The lowest BCUT2D eigenvalue weighted by molar-refractivity contribution is -0.00177. The summed E-state index contributed by atoms with van der Waals surface area (Å²) in [5.74, 6) is -0.140. The molecule has 0 aliphatic carbocycles. The number of rotatable bonds is 5. The van der Waals surface area contributed by atoms with Gasteiger partial charge in [0.15, 0.2) is 0 Å². The lowest BCUT2D eigenvalue weighted by Gasteiger charge is -2.22. The van der Waals surface area contributed by atoms with Crippen molar-refractivity contribution in [2.24, 2.45) is 0 Å². The number of nitriles is 1. The zero-order valence-corrected chi connectivity index (χ0v) is 15.3. The molecule has 1 amide bonds. The zero-order valence-electron chi connectivity index (χ0n) is 15.3. The van der Waals surface area contributed by atoms with Gasteiger partial charge in [-0.3, -0.25) is 9.36 Å². The molecule has 0 spiro atoms. The molecule has 8 nitrogen and oxygen atoms in total. The summed E-state index contributed by atoms with van der Waals surface area (Å²) in [7, 11) is 0. The first-order chi connectivity index (χ1) is 13.2. The van der Waals surface area contributed by atoms with E-state index in [-0.39, 0.29) is 17.8 Å². The summed E-state index contributed by atoms with van der Waals surface area (Å²) in [5, 5.41) is 21.7. The molecule has 0 aromatic carbocycles. The molecule has 0 aliphatic heterocycles. The topological polar surface area (TPSA) is 130 Å². The predicted octanol–water partition coefficient (Wildman–Crippen LogP) is 1.71. The highest BCUT2D eigenvalue weighted by Crippen LogP contribution is 2.21. The number of nitrogens with zero attached hydrogens (tertiary/aromatic N) is 4. The molecule has 0 fully saturated rings. The molecule has 3 rings (SSSR count). The monoisotopic (exact) mass is 382 g/mol. The molecule has 144 valence electrons. The first kappa shape index (κ1) is 19.3. The van der Waals surface area contributed by atoms with Gasteiger partial charge in [-0.25, -0.2) is 14.4 Å². The van der Waals surface area contributed by atoms with Crippen molar-refractivity contribution in [3.63, 3.8) is 0 Å². The van der Waals surface area contributed by atoms with Gasteiger partial charge < -0.3 is 16.2 Å². The third-order valence-electron chi connectivity index (χ3n) is 4.28. The van der Waals surface area contributed by atoms with Crippen LogP contribution in [-0.2, 0) is 0 Å². The minimum Gasteiger partial charge on any atom is -0.398 e. The molecule has 0 saturated heterocycles. The van der Waals surface area contributed by atoms with E-state index >= 15 is 0 Å². The van der Waals surface area contributed by atoms with E-state index in [0.29, 0.717) is 17.0 Å². The Morgan fingerprint density at radius 1 is 1.43 bits per heavy atom. The van der Waals surface area contributed by atoms with Crippen LogP contribution in [0.4, 0.5) is 10.1 Å². The second kappa shape index (κ2) is 7.25. The Kier molecular flexibility index (Phi) is 4.98. The summed E-state index contributed by atoms with van der Waals surface area (Å²) >= 11 is 0. The fraction of sp³-hybridized carbons (Fsp3) is 0.263. The number of alkyl halides is 1. The van der Waals surface area contributed by atoms with Gasteiger partial charge in [-0.05, 0) is 26.0 Å². The Hall–Kier alpha value is -3.51. The van der Waals surface area contributed by atoms with Crippen LogP contribution in [0.1, 0.15) is 29.8 Å². The third-order valence-corrected chi connectivity index (χ3v) is 4.28. The van der Waals surface area contributed by atoms with Crippen LogP contribution in [0.25, 0.3) is 16.9 Å². The molecule has 9 heteroatoms. The van der Waals surface area contributed by atoms with E-state index < -0.39 is 17.7 Å². The molecule has 4 N–H and O–H groups in total. The number of fused-ring (bicyclic) bond motifs is 1. The molecule has 3 aromatic heterocycles. The Morgan fingerprint density at radius 3 is 2.82 bits per heavy atom. The first-order valence-electron chi connectivity index (χ1n) is 8.48. The van der Waals surface area contributed by atoms with Gasteiger partial charge in [-0.15, -0.1) is 0 Å². The molecule has 0 aliphatic rings. The van der Waals surface area contributed by atoms with E-state index in [9.17, 15) is 14.3 Å². The highest BCUT2D eigenvalue weighted by Gasteiger charge is 2.27. The standard InChI is InChI=1S/C19H19FN6O2/c1-19(2,28)15(20)10-25-18(27)13-9-23-16(6-14(13)22)26-4-3-12-5-11(7-21)8-24-17(12)26/h3-6,8-9,15,28H,10H2,1-2H3,(H2,22,23)(H,25,27). The molecule has 0 saturated carbocycles. The predicted molar refractivity (Wildman–Crippen MR) is 102 cm³/mol. The Bertz CT molecular complexity index is 1080. The summed E-state index contributed by atoms with van der Waals surface area (Å²) in [6.45, 7) is 2.30. The van der Waals surface area contributed by atoms with E-state index in [2.05, 4.69) is 15.3 Å². The van der Waals surface area contributed by atoms with Crippen molar-refractivity contribution in [2.45, 2.75) is 25.6 Å². The number of nitrogens with two attached hydrogens (primary N) is 1. The molecule has 28 heavy (non-hydrogen) atoms. The molecule has 0 radical (unpaired) electrons. The number of nitrogens with one attached hydrogen (secondary N) is 1. The molecular formula is C19H19FN6O2. The normalized spacial score (nSPS) is 12.5. The number of hydrogen-bond acceptors (Lipinski definition) is 6. The van der Waals surface area contributed by atoms with Gasteiger partial charge in [0.05, 0.1) is 23.3 Å². The van der Waals surface area contributed by atoms with Crippen LogP contribution < -0.4 is 11.1 Å². The maximum atomic E-state index is 13.8. The van der Waals surface area contributed by atoms with Crippen molar-refractivity contribution in [3.05, 3.63) is 47.9 Å². The van der Waals surface area contributed by atoms with Crippen molar-refractivity contribution in [1.29, 1.82) is 5.26 Å². The largest absolute Gasteiger partial charge is 0.398 e. The van der Waals surface area contributed by atoms with Gasteiger partial charge in [0.2, 0.25) is 0 Å². The number of hydrogen-bond donors (Lipinski definition) is 3. The highest BCUT2D eigenvalue weighted by molar-refractivity contribution is 5.99. The second-order valence-corrected chi connectivity index (χ2v) is 6.90. The summed E-state index contributed by atoms with van der Waals surface area (Å²) < 4.78 is 15.5. The molecular weight excluding hydrogens is 363 g/mol. The number of carbonyl (C=O) groups is 1. The van der Waals surface area contributed by atoms with Gasteiger partial charge in [0.25, 0.3) is 5.91 Å². The van der Waals surface area contributed by atoms with E-state index in [1.165, 1.54) is 32.3 Å². The number of aromatic nitrogens is 3. The summed E-state index contributed by atoms with van der Waals surface area (Å²) in [6, 6.07) is 7.04. The van der Waals surface area contributed by atoms with Crippen LogP contribution in [0.5, 0.6) is 0 Å². The second-order valence-electron chi connectivity index (χ2n) is 6.90. The number of halogens is 1. The average Bonchev–Trinajstić information content (AvgIpc) is 3.07. The highest BCUT2D eigenvalue weighted by atomic mass is 19.1. The van der Waals surface area contributed by atoms with Crippen LogP contribution >= 0.6 is 0 Å². The molecule has 1 unspecified atom stereocenters. The number of carbonyl (C=O) groups excluding carboxylic acids is 1. The summed E-state index contributed by atoms with van der Waals surface area (Å²) in [5.41, 5.74) is 5.73. The third kappa shape index (κ3) is 3.77. The van der Waals surface area contributed by atoms with Gasteiger partial charge >= 0.3 is 0 Å². The maximum Gasteiger partial charge on any atom is 0.255 e. The molecule has 1 atom stereocenters. The van der Waals surface area contributed by atoms with Crippen LogP contribution in [-0.4, -0.2) is 43.9 Å². The minimum atomic E-state index is -1.62. The van der Waals surface area contributed by atoms with E-state index in [1.807, 2.05) is 6.07 Å². The van der Waals surface area contributed by atoms with E-state index in [1.54, 1.807) is 22.9 Å². The molecule has 3 heterocycles.